The van der Waals surface area contributed by atoms with Crippen LogP contribution in [0, 0.1) is 6.92 Å². The van der Waals surface area contributed by atoms with Gasteiger partial charge in [-0.2, -0.15) is 0 Å². The molecule has 8 heteroatoms. The van der Waals surface area contributed by atoms with Gasteiger partial charge in [0.2, 0.25) is 11.8 Å². The highest BCUT2D eigenvalue weighted by Crippen LogP contribution is 2.41. The fourth-order valence-electron chi connectivity index (χ4n) is 3.42. The maximum Gasteiger partial charge on any atom is 0.250 e. The molecule has 1 aliphatic heterocycles. The quantitative estimate of drug-likeness (QED) is 0.818. The zero-order chi connectivity index (χ0) is 19.3. The van der Waals surface area contributed by atoms with Crippen molar-refractivity contribution in [1.82, 2.24) is 14.8 Å². The van der Waals surface area contributed by atoms with Crippen molar-refractivity contribution in [3.63, 3.8) is 0 Å². The predicted octanol–water partition coefficient (Wildman–Crippen LogP) is 3.17. The van der Waals surface area contributed by atoms with Gasteiger partial charge in [0.05, 0.1) is 16.6 Å². The number of benzene rings is 1. The van der Waals surface area contributed by atoms with Crippen LogP contribution in [0.3, 0.4) is 0 Å². The summed E-state index contributed by atoms with van der Waals surface area (Å²) in [5, 5.41) is 11.7. The molecule has 0 saturated heterocycles. The van der Waals surface area contributed by atoms with Crippen LogP contribution in [-0.4, -0.2) is 37.4 Å². The van der Waals surface area contributed by atoms with E-state index in [4.69, 9.17) is 0 Å². The number of nitrogens with one attached hydrogen (secondary N) is 1. The summed E-state index contributed by atoms with van der Waals surface area (Å²) in [4.78, 5) is 27.6. The van der Waals surface area contributed by atoms with Crippen LogP contribution in [0.4, 0.5) is 11.4 Å². The van der Waals surface area contributed by atoms with Crippen molar-refractivity contribution in [2.75, 3.05) is 10.2 Å². The van der Waals surface area contributed by atoms with Gasteiger partial charge in [-0.3, -0.25) is 14.5 Å². The zero-order valence-electron chi connectivity index (χ0n) is 15.9. The van der Waals surface area contributed by atoms with Crippen LogP contribution in [0.15, 0.2) is 29.4 Å². The molecule has 2 aliphatic rings. The summed E-state index contributed by atoms with van der Waals surface area (Å²) in [6, 6.07) is 7.84. The van der Waals surface area contributed by atoms with Gasteiger partial charge in [-0.1, -0.05) is 23.9 Å². The van der Waals surface area contributed by atoms with Gasteiger partial charge < -0.3 is 9.88 Å². The number of hydrogen-bond acceptors (Lipinski definition) is 5. The average Bonchev–Trinajstić information content (AvgIpc) is 3.39. The number of thioether (sulfide) groups is 1. The van der Waals surface area contributed by atoms with E-state index in [1.165, 1.54) is 11.8 Å². The molecule has 1 aromatic heterocycles. The summed E-state index contributed by atoms with van der Waals surface area (Å²) < 4.78 is 2.12. The molecule has 2 amide bonds. The van der Waals surface area contributed by atoms with Crippen molar-refractivity contribution in [3.8, 4) is 0 Å². The minimum atomic E-state index is -0.972. The molecule has 1 saturated carbocycles. The van der Waals surface area contributed by atoms with Crippen LogP contribution in [0.2, 0.25) is 0 Å². The number of amides is 2. The molecule has 142 valence electrons. The maximum atomic E-state index is 13.4. The molecule has 0 bridgehead atoms. The van der Waals surface area contributed by atoms with Crippen molar-refractivity contribution in [2.24, 2.45) is 0 Å². The third kappa shape index (κ3) is 3.01. The third-order valence-corrected chi connectivity index (χ3v) is 6.15. The topological polar surface area (TPSA) is 80.1 Å². The number of anilines is 2. The van der Waals surface area contributed by atoms with Crippen LogP contribution in [-0.2, 0) is 9.59 Å². The number of fused-ring (bicyclic) bond motifs is 1. The maximum absolute atomic E-state index is 13.4. The van der Waals surface area contributed by atoms with Crippen molar-refractivity contribution in [2.45, 2.75) is 62.5 Å². The molecule has 1 N–H and O–H groups in total. The van der Waals surface area contributed by atoms with Gasteiger partial charge in [0.1, 0.15) is 11.4 Å². The lowest BCUT2D eigenvalue weighted by Gasteiger charge is -2.43. The van der Waals surface area contributed by atoms with Crippen LogP contribution in [0.1, 0.15) is 45.5 Å². The molecule has 7 nitrogen and oxygen atoms in total. The molecule has 2 aromatic rings. The lowest BCUT2D eigenvalue weighted by molar-refractivity contribution is -0.126. The Morgan fingerprint density at radius 2 is 2.00 bits per heavy atom. The number of aromatic nitrogens is 3. The summed E-state index contributed by atoms with van der Waals surface area (Å²) in [7, 11) is 0. The molecule has 1 aliphatic carbocycles. The molecule has 0 spiro atoms. The van der Waals surface area contributed by atoms with Gasteiger partial charge in [0.25, 0.3) is 0 Å². The molecule has 0 unspecified atom stereocenters. The minimum Gasteiger partial charge on any atom is -0.322 e. The first-order chi connectivity index (χ1) is 12.8. The second kappa shape index (κ2) is 6.37. The molecule has 1 fully saturated rings. The second-order valence-electron chi connectivity index (χ2n) is 7.59. The largest absolute Gasteiger partial charge is 0.322 e. The standard InChI is InChI=1S/C19H23N5O2S/c1-11(27-18-22-21-12(2)23(18)13-9-10-13)16(25)24-15-8-6-5-7-14(15)20-17(26)19(24,3)4/h5-8,11,13H,9-10H2,1-4H3,(H,20,26)/t11-/m0/s1. The Morgan fingerprint density at radius 1 is 1.30 bits per heavy atom. The number of para-hydroxylation sites is 2. The van der Waals surface area contributed by atoms with E-state index in [1.807, 2.05) is 38.1 Å². The van der Waals surface area contributed by atoms with Gasteiger partial charge in [-0.05, 0) is 52.7 Å². The predicted molar refractivity (Wildman–Crippen MR) is 105 cm³/mol. The van der Waals surface area contributed by atoms with Gasteiger partial charge in [0.15, 0.2) is 5.16 Å². The minimum absolute atomic E-state index is 0.115. The molecule has 1 atom stereocenters. The van der Waals surface area contributed by atoms with Crippen molar-refractivity contribution < 1.29 is 9.59 Å². The van der Waals surface area contributed by atoms with Crippen molar-refractivity contribution in [3.05, 3.63) is 30.1 Å². The average molecular weight is 385 g/mol. The van der Waals surface area contributed by atoms with E-state index < -0.39 is 10.8 Å². The number of rotatable bonds is 4. The smallest absolute Gasteiger partial charge is 0.250 e. The normalized spacial score (nSPS) is 19.4. The highest BCUT2D eigenvalue weighted by Gasteiger charge is 2.45. The van der Waals surface area contributed by atoms with E-state index in [2.05, 4.69) is 20.1 Å². The summed E-state index contributed by atoms with van der Waals surface area (Å²) in [6.45, 7) is 7.34. The monoisotopic (exact) mass is 385 g/mol. The number of carbonyl (C=O) groups excluding carboxylic acids is 2. The third-order valence-electron chi connectivity index (χ3n) is 5.11. The number of aryl methyl sites for hydroxylation is 1. The summed E-state index contributed by atoms with van der Waals surface area (Å²) >= 11 is 1.40. The Labute approximate surface area is 162 Å². The van der Waals surface area contributed by atoms with Gasteiger partial charge >= 0.3 is 0 Å². The van der Waals surface area contributed by atoms with Gasteiger partial charge in [-0.15, -0.1) is 10.2 Å². The van der Waals surface area contributed by atoms with E-state index >= 15 is 0 Å². The van der Waals surface area contributed by atoms with E-state index in [0.717, 1.165) is 29.5 Å². The fraction of sp³-hybridized carbons (Fsp3) is 0.474. The summed E-state index contributed by atoms with van der Waals surface area (Å²) in [5.74, 6) is 0.571. The molecular formula is C19H23N5O2S. The van der Waals surface area contributed by atoms with Crippen molar-refractivity contribution >= 4 is 35.0 Å². The number of nitrogens with zero attached hydrogens (tertiary/aromatic N) is 4. The number of hydrogen-bond donors (Lipinski definition) is 1. The fourth-order valence-corrected chi connectivity index (χ4v) is 4.43. The molecule has 2 heterocycles. The summed E-state index contributed by atoms with van der Waals surface area (Å²) in [6.07, 6.45) is 2.25. The Bertz CT molecular complexity index is 919. The highest BCUT2D eigenvalue weighted by molar-refractivity contribution is 8.00. The molecule has 1 aromatic carbocycles. The molecule has 4 rings (SSSR count). The molecule has 0 radical (unpaired) electrons. The zero-order valence-corrected chi connectivity index (χ0v) is 16.7. The Hall–Kier alpha value is -2.35. The van der Waals surface area contributed by atoms with Crippen LogP contribution in [0.5, 0.6) is 0 Å². The van der Waals surface area contributed by atoms with E-state index in [9.17, 15) is 9.59 Å². The van der Waals surface area contributed by atoms with Crippen LogP contribution < -0.4 is 10.2 Å². The first kappa shape index (κ1) is 18.0. The molecule has 27 heavy (non-hydrogen) atoms. The van der Waals surface area contributed by atoms with Gasteiger partial charge in [-0.25, -0.2) is 0 Å². The second-order valence-corrected chi connectivity index (χ2v) is 8.90. The lowest BCUT2D eigenvalue weighted by Crippen LogP contribution is -2.60. The summed E-state index contributed by atoms with van der Waals surface area (Å²) in [5.41, 5.74) is 0.407. The van der Waals surface area contributed by atoms with Crippen LogP contribution >= 0.6 is 11.8 Å². The number of carbonyl (C=O) groups is 2. The van der Waals surface area contributed by atoms with E-state index in [0.29, 0.717) is 11.7 Å². The first-order valence-corrected chi connectivity index (χ1v) is 10.0. The van der Waals surface area contributed by atoms with Crippen molar-refractivity contribution in [1.29, 1.82) is 0 Å². The Morgan fingerprint density at radius 3 is 2.70 bits per heavy atom. The lowest BCUT2D eigenvalue weighted by atomic mass is 9.96. The SMILES string of the molecule is Cc1nnc(S[C@@H](C)C(=O)N2c3ccccc3NC(=O)C2(C)C)n1C1CC1. The molecular weight excluding hydrogens is 362 g/mol. The van der Waals surface area contributed by atoms with E-state index in [1.54, 1.807) is 18.7 Å². The first-order valence-electron chi connectivity index (χ1n) is 9.13. The highest BCUT2D eigenvalue weighted by atomic mass is 32.2. The van der Waals surface area contributed by atoms with Gasteiger partial charge in [0, 0.05) is 6.04 Å². The van der Waals surface area contributed by atoms with Crippen LogP contribution in [0.25, 0.3) is 0 Å². The van der Waals surface area contributed by atoms with E-state index in [-0.39, 0.29) is 11.8 Å². The Balaban J connectivity index is 1.64. The Kier molecular flexibility index (Phi) is 4.25.